The Labute approximate surface area is 221 Å². The molecule has 0 atom stereocenters. The van der Waals surface area contributed by atoms with Crippen molar-refractivity contribution in [1.82, 2.24) is 4.90 Å². The van der Waals surface area contributed by atoms with E-state index in [1.807, 2.05) is 49.4 Å². The van der Waals surface area contributed by atoms with Crippen molar-refractivity contribution in [1.29, 1.82) is 0 Å². The fourth-order valence-electron chi connectivity index (χ4n) is 3.53. The Bertz CT molecular complexity index is 1360. The van der Waals surface area contributed by atoms with Crippen LogP contribution in [-0.2, 0) is 11.4 Å². The monoisotopic (exact) mass is 566 g/mol. The van der Waals surface area contributed by atoms with Gasteiger partial charge in [-0.3, -0.25) is 9.69 Å². The van der Waals surface area contributed by atoms with Crippen LogP contribution in [0.5, 0.6) is 11.5 Å². The van der Waals surface area contributed by atoms with Crippen LogP contribution < -0.4 is 9.47 Å². The normalized spacial score (nSPS) is 15.5. The van der Waals surface area contributed by atoms with Crippen LogP contribution in [0.1, 0.15) is 28.4 Å². The summed E-state index contributed by atoms with van der Waals surface area (Å²) in [5.74, 6) is -0.0926. The van der Waals surface area contributed by atoms with Crippen LogP contribution in [0.15, 0.2) is 81.1 Å². The average molecular weight is 567 g/mol. The summed E-state index contributed by atoms with van der Waals surface area (Å²) in [5, 5.41) is 9.73. The molecule has 0 spiro atoms. The van der Waals surface area contributed by atoms with E-state index in [1.54, 1.807) is 30.2 Å². The molecule has 1 amide bonds. The predicted octanol–water partition coefficient (Wildman–Crippen LogP) is 6.36. The highest BCUT2D eigenvalue weighted by Crippen LogP contribution is 2.40. The number of ether oxygens (including phenoxy) is 2. The lowest BCUT2D eigenvalue weighted by Gasteiger charge is -2.14. The van der Waals surface area contributed by atoms with E-state index in [-0.39, 0.29) is 11.5 Å². The topological polar surface area (TPSA) is 88.4 Å². The maximum Gasteiger partial charge on any atom is 0.335 e. The summed E-state index contributed by atoms with van der Waals surface area (Å²) in [6, 6.07) is 19.8. The molecular weight excluding hydrogens is 544 g/mol. The van der Waals surface area contributed by atoms with Gasteiger partial charge in [0.1, 0.15) is 6.61 Å². The number of thioether (sulfide) groups is 1. The van der Waals surface area contributed by atoms with Crippen molar-refractivity contribution >= 4 is 56.5 Å². The number of methoxy groups -OCH3 is 1. The second-order valence-corrected chi connectivity index (χ2v) is 9.58. The van der Waals surface area contributed by atoms with E-state index in [9.17, 15) is 14.7 Å². The molecular formula is C27H23BrN2O5S. The van der Waals surface area contributed by atoms with Crippen LogP contribution in [0.4, 0.5) is 5.69 Å². The molecule has 0 unspecified atom stereocenters. The second kappa shape index (κ2) is 11.5. The number of carboxylic acid groups (broad SMARTS) is 1. The molecule has 1 fully saturated rings. The number of halogens is 1. The number of carbonyl (C=O) groups excluding carboxylic acids is 1. The zero-order valence-corrected chi connectivity index (χ0v) is 22.0. The van der Waals surface area contributed by atoms with Gasteiger partial charge in [0.2, 0.25) is 0 Å². The molecule has 0 radical (unpaired) electrons. The summed E-state index contributed by atoms with van der Waals surface area (Å²) in [7, 11) is 1.57. The van der Waals surface area contributed by atoms with Gasteiger partial charge in [0, 0.05) is 6.54 Å². The predicted molar refractivity (Wildman–Crippen MR) is 145 cm³/mol. The van der Waals surface area contributed by atoms with Crippen LogP contribution in [0, 0.1) is 0 Å². The van der Waals surface area contributed by atoms with Crippen LogP contribution in [0.3, 0.4) is 0 Å². The zero-order chi connectivity index (χ0) is 25.7. The lowest BCUT2D eigenvalue weighted by Crippen LogP contribution is -2.28. The van der Waals surface area contributed by atoms with Gasteiger partial charge in [0.05, 0.1) is 27.7 Å². The highest BCUT2D eigenvalue weighted by atomic mass is 79.9. The Hall–Kier alpha value is -3.56. The maximum absolute atomic E-state index is 13.1. The highest BCUT2D eigenvalue weighted by Gasteiger charge is 2.32. The van der Waals surface area contributed by atoms with E-state index < -0.39 is 5.97 Å². The molecule has 0 saturated carbocycles. The number of aliphatic imine (C=N–C) groups is 1. The number of carboxylic acids is 1. The lowest BCUT2D eigenvalue weighted by molar-refractivity contribution is -0.122. The molecule has 7 nitrogen and oxygen atoms in total. The third-order valence-electron chi connectivity index (χ3n) is 5.30. The SMILES string of the molecule is CCN1C(=O)C(=Cc2cc(Br)c(OCc3ccccc3)c(OC)c2)SC1=Nc1cccc(C(=O)O)c1. The summed E-state index contributed by atoms with van der Waals surface area (Å²) in [6.07, 6.45) is 1.78. The first-order chi connectivity index (χ1) is 17.4. The summed E-state index contributed by atoms with van der Waals surface area (Å²) in [6.45, 7) is 2.68. The fourth-order valence-corrected chi connectivity index (χ4v) is 5.17. The number of hydrogen-bond acceptors (Lipinski definition) is 6. The third-order valence-corrected chi connectivity index (χ3v) is 6.89. The number of hydrogen-bond donors (Lipinski definition) is 1. The molecule has 9 heteroatoms. The fraction of sp³-hybridized carbons (Fsp3) is 0.148. The minimum atomic E-state index is -1.03. The number of amidine groups is 1. The van der Waals surface area contributed by atoms with Crippen LogP contribution in [0.2, 0.25) is 0 Å². The van der Waals surface area contributed by atoms with Gasteiger partial charge >= 0.3 is 5.97 Å². The van der Waals surface area contributed by atoms with Gasteiger partial charge < -0.3 is 14.6 Å². The van der Waals surface area contributed by atoms with Gasteiger partial charge in [-0.15, -0.1) is 0 Å². The van der Waals surface area contributed by atoms with E-state index in [4.69, 9.17) is 9.47 Å². The van der Waals surface area contributed by atoms with Gasteiger partial charge in [0.15, 0.2) is 16.7 Å². The minimum absolute atomic E-state index is 0.136. The van der Waals surface area contributed by atoms with Gasteiger partial charge in [0.25, 0.3) is 5.91 Å². The van der Waals surface area contributed by atoms with E-state index in [0.29, 0.717) is 44.9 Å². The van der Waals surface area contributed by atoms with Gasteiger partial charge in [-0.05, 0) is 82.2 Å². The molecule has 0 aliphatic carbocycles. The molecule has 1 N–H and O–H groups in total. The molecule has 3 aromatic rings. The third kappa shape index (κ3) is 5.80. The van der Waals surface area contributed by atoms with E-state index in [0.717, 1.165) is 11.1 Å². The van der Waals surface area contributed by atoms with Crippen LogP contribution in [-0.4, -0.2) is 40.7 Å². The second-order valence-electron chi connectivity index (χ2n) is 7.72. The summed E-state index contributed by atoms with van der Waals surface area (Å²) >= 11 is 4.81. The van der Waals surface area contributed by atoms with Crippen molar-refractivity contribution in [3.8, 4) is 11.5 Å². The Morgan fingerprint density at radius 3 is 2.61 bits per heavy atom. The first-order valence-electron chi connectivity index (χ1n) is 11.1. The summed E-state index contributed by atoms with van der Waals surface area (Å²) in [5.41, 5.74) is 2.39. The largest absolute Gasteiger partial charge is 0.493 e. The number of amides is 1. The summed E-state index contributed by atoms with van der Waals surface area (Å²) in [4.78, 5) is 31.0. The molecule has 0 aromatic heterocycles. The maximum atomic E-state index is 13.1. The first-order valence-corrected chi connectivity index (χ1v) is 12.7. The molecule has 1 saturated heterocycles. The van der Waals surface area contributed by atoms with Crippen molar-refractivity contribution in [2.45, 2.75) is 13.5 Å². The zero-order valence-electron chi connectivity index (χ0n) is 19.6. The van der Waals surface area contributed by atoms with Crippen molar-refractivity contribution in [3.05, 3.63) is 92.8 Å². The number of likely N-dealkylation sites (N-methyl/N-ethyl adjacent to an activating group) is 1. The molecule has 36 heavy (non-hydrogen) atoms. The Morgan fingerprint density at radius 2 is 1.92 bits per heavy atom. The van der Waals surface area contributed by atoms with Crippen LogP contribution in [0.25, 0.3) is 6.08 Å². The van der Waals surface area contributed by atoms with E-state index in [1.165, 1.54) is 23.9 Å². The number of nitrogens with zero attached hydrogens (tertiary/aromatic N) is 2. The molecule has 0 bridgehead atoms. The highest BCUT2D eigenvalue weighted by molar-refractivity contribution is 9.10. The van der Waals surface area contributed by atoms with Crippen molar-refractivity contribution in [2.75, 3.05) is 13.7 Å². The summed E-state index contributed by atoms with van der Waals surface area (Å²) < 4.78 is 12.3. The quantitative estimate of drug-likeness (QED) is 0.319. The average Bonchev–Trinajstić information content (AvgIpc) is 3.17. The smallest absolute Gasteiger partial charge is 0.335 e. The molecule has 4 rings (SSSR count). The Morgan fingerprint density at radius 1 is 1.14 bits per heavy atom. The van der Waals surface area contributed by atoms with Gasteiger partial charge in [-0.25, -0.2) is 9.79 Å². The number of carbonyl (C=O) groups is 2. The molecule has 3 aromatic carbocycles. The molecule has 1 aliphatic rings. The van der Waals surface area contributed by atoms with Gasteiger partial charge in [-0.1, -0.05) is 36.4 Å². The number of benzene rings is 3. The Kier molecular flexibility index (Phi) is 8.12. The van der Waals surface area contributed by atoms with E-state index >= 15 is 0 Å². The number of rotatable bonds is 8. The van der Waals surface area contributed by atoms with Crippen LogP contribution >= 0.6 is 27.7 Å². The van der Waals surface area contributed by atoms with Gasteiger partial charge in [-0.2, -0.15) is 0 Å². The van der Waals surface area contributed by atoms with Crippen molar-refractivity contribution in [2.24, 2.45) is 4.99 Å². The standard InChI is InChI=1S/C27H23BrN2O5S/c1-3-30-25(31)23(36-27(30)29-20-11-7-10-19(15-20)26(32)33)14-18-12-21(28)24(22(13-18)34-2)35-16-17-8-5-4-6-9-17/h4-15H,3,16H2,1-2H3,(H,32,33). The molecule has 184 valence electrons. The lowest BCUT2D eigenvalue weighted by atomic mass is 10.1. The first kappa shape index (κ1) is 25.5. The minimum Gasteiger partial charge on any atom is -0.493 e. The number of aromatic carboxylic acids is 1. The molecule has 1 aliphatic heterocycles. The molecule has 1 heterocycles. The van der Waals surface area contributed by atoms with Crippen molar-refractivity contribution in [3.63, 3.8) is 0 Å². The van der Waals surface area contributed by atoms with E-state index in [2.05, 4.69) is 20.9 Å². The van der Waals surface area contributed by atoms with Crippen molar-refractivity contribution < 1.29 is 24.2 Å². The Balaban J connectivity index is 1.60.